The lowest BCUT2D eigenvalue weighted by Gasteiger charge is -2.09. The van der Waals surface area contributed by atoms with E-state index >= 15 is 0 Å². The van der Waals surface area contributed by atoms with Gasteiger partial charge in [0.2, 0.25) is 0 Å². The smallest absolute Gasteiger partial charge is 0.277 e. The number of hydrogen-bond donors (Lipinski definition) is 2. The summed E-state index contributed by atoms with van der Waals surface area (Å²) >= 11 is 0. The molecule has 2 rings (SSSR count). The number of hydrazone groups is 1. The molecule has 2 aromatic rings. The molecule has 0 aliphatic rings. The molecule has 0 unspecified atom stereocenters. The maximum atomic E-state index is 12.0. The number of benzene rings is 2. The number of ether oxygens (including phenoxy) is 1. The fraction of sp³-hybridized carbons (Fsp3) is 0.300. The average molecular weight is 340 g/mol. The zero-order chi connectivity index (χ0) is 18.4. The SMILES string of the molecule is CC/C(=N\NC(=O)COc1cc(C)cc(C)c1)c1cc(C)ccc1O. The summed E-state index contributed by atoms with van der Waals surface area (Å²) in [5.74, 6) is 0.452. The molecule has 0 heterocycles. The second-order valence-corrected chi connectivity index (χ2v) is 6.08. The minimum absolute atomic E-state index is 0.122. The largest absolute Gasteiger partial charge is 0.507 e. The van der Waals surface area contributed by atoms with E-state index in [2.05, 4.69) is 10.5 Å². The summed E-state index contributed by atoms with van der Waals surface area (Å²) in [6, 6.07) is 11.1. The molecular formula is C20H24N2O3. The molecule has 2 aromatic carbocycles. The van der Waals surface area contributed by atoms with Crippen LogP contribution in [0, 0.1) is 20.8 Å². The van der Waals surface area contributed by atoms with E-state index in [0.717, 1.165) is 16.7 Å². The van der Waals surface area contributed by atoms with Crippen LogP contribution < -0.4 is 10.2 Å². The number of carbonyl (C=O) groups excluding carboxylic acids is 1. The van der Waals surface area contributed by atoms with Crippen molar-refractivity contribution in [3.8, 4) is 11.5 Å². The Hall–Kier alpha value is -2.82. The van der Waals surface area contributed by atoms with E-state index in [-0.39, 0.29) is 18.3 Å². The predicted octanol–water partition coefficient (Wildman–Crippen LogP) is 3.63. The highest BCUT2D eigenvalue weighted by Gasteiger charge is 2.09. The zero-order valence-electron chi connectivity index (χ0n) is 15.1. The van der Waals surface area contributed by atoms with Gasteiger partial charge in [-0.1, -0.05) is 24.6 Å². The minimum Gasteiger partial charge on any atom is -0.507 e. The van der Waals surface area contributed by atoms with Crippen molar-refractivity contribution in [3.63, 3.8) is 0 Å². The van der Waals surface area contributed by atoms with Gasteiger partial charge in [0.1, 0.15) is 11.5 Å². The van der Waals surface area contributed by atoms with Crippen molar-refractivity contribution in [1.82, 2.24) is 5.43 Å². The Bertz CT molecular complexity index is 777. The van der Waals surface area contributed by atoms with Crippen LogP contribution in [0.1, 0.15) is 35.6 Å². The van der Waals surface area contributed by atoms with E-state index in [4.69, 9.17) is 4.74 Å². The molecule has 0 atom stereocenters. The van der Waals surface area contributed by atoms with Gasteiger partial charge in [0.25, 0.3) is 5.91 Å². The number of aromatic hydroxyl groups is 1. The number of nitrogens with zero attached hydrogens (tertiary/aromatic N) is 1. The number of nitrogens with one attached hydrogen (secondary N) is 1. The molecule has 0 saturated heterocycles. The molecule has 0 fully saturated rings. The lowest BCUT2D eigenvalue weighted by Crippen LogP contribution is -2.26. The number of phenolic OH excluding ortho intramolecular Hbond substituents is 1. The summed E-state index contributed by atoms with van der Waals surface area (Å²) in [7, 11) is 0. The van der Waals surface area contributed by atoms with Gasteiger partial charge in [-0.3, -0.25) is 4.79 Å². The predicted molar refractivity (Wildman–Crippen MR) is 99.2 cm³/mol. The molecule has 0 aliphatic carbocycles. The van der Waals surface area contributed by atoms with Crippen LogP contribution in [0.2, 0.25) is 0 Å². The van der Waals surface area contributed by atoms with Gasteiger partial charge in [0.15, 0.2) is 6.61 Å². The van der Waals surface area contributed by atoms with E-state index in [9.17, 15) is 9.90 Å². The van der Waals surface area contributed by atoms with Crippen molar-refractivity contribution in [3.05, 3.63) is 58.7 Å². The molecule has 25 heavy (non-hydrogen) atoms. The van der Waals surface area contributed by atoms with Crippen molar-refractivity contribution in [2.45, 2.75) is 34.1 Å². The quantitative estimate of drug-likeness (QED) is 0.623. The van der Waals surface area contributed by atoms with E-state index in [0.29, 0.717) is 23.4 Å². The van der Waals surface area contributed by atoms with Gasteiger partial charge >= 0.3 is 0 Å². The Morgan fingerprint density at radius 3 is 2.40 bits per heavy atom. The molecule has 132 valence electrons. The fourth-order valence-corrected chi connectivity index (χ4v) is 2.54. The first-order chi connectivity index (χ1) is 11.9. The number of phenols is 1. The lowest BCUT2D eigenvalue weighted by molar-refractivity contribution is -0.123. The minimum atomic E-state index is -0.350. The van der Waals surface area contributed by atoms with Gasteiger partial charge in [-0.25, -0.2) is 5.43 Å². The summed E-state index contributed by atoms with van der Waals surface area (Å²) in [5.41, 5.74) is 6.90. The van der Waals surface area contributed by atoms with Crippen LogP contribution in [-0.2, 0) is 4.79 Å². The van der Waals surface area contributed by atoms with Crippen LogP contribution in [0.4, 0.5) is 0 Å². The summed E-state index contributed by atoms with van der Waals surface area (Å²) in [6.45, 7) is 7.69. The van der Waals surface area contributed by atoms with E-state index in [1.54, 1.807) is 6.07 Å². The lowest BCUT2D eigenvalue weighted by atomic mass is 10.0. The number of carbonyl (C=O) groups is 1. The van der Waals surface area contributed by atoms with E-state index in [1.165, 1.54) is 0 Å². The topological polar surface area (TPSA) is 70.9 Å². The molecule has 0 bridgehead atoms. The van der Waals surface area contributed by atoms with Gasteiger partial charge in [-0.15, -0.1) is 0 Å². The average Bonchev–Trinajstić information content (AvgIpc) is 2.55. The number of amides is 1. The van der Waals surface area contributed by atoms with E-state index in [1.807, 2.05) is 58.0 Å². The highest BCUT2D eigenvalue weighted by Crippen LogP contribution is 2.20. The van der Waals surface area contributed by atoms with Crippen LogP contribution in [-0.4, -0.2) is 23.3 Å². The molecular weight excluding hydrogens is 316 g/mol. The van der Waals surface area contributed by atoms with Gasteiger partial charge < -0.3 is 9.84 Å². The number of aryl methyl sites for hydroxylation is 3. The first-order valence-electron chi connectivity index (χ1n) is 8.25. The highest BCUT2D eigenvalue weighted by atomic mass is 16.5. The third kappa shape index (κ3) is 5.35. The zero-order valence-corrected chi connectivity index (χ0v) is 15.1. The molecule has 0 radical (unpaired) electrons. The molecule has 0 aromatic heterocycles. The van der Waals surface area contributed by atoms with E-state index < -0.39 is 0 Å². The van der Waals surface area contributed by atoms with Gasteiger partial charge in [-0.05, 0) is 62.6 Å². The fourth-order valence-electron chi connectivity index (χ4n) is 2.54. The van der Waals surface area contributed by atoms with Crippen molar-refractivity contribution in [2.75, 3.05) is 6.61 Å². The number of rotatable bonds is 6. The van der Waals surface area contributed by atoms with Crippen molar-refractivity contribution >= 4 is 11.6 Å². The summed E-state index contributed by atoms with van der Waals surface area (Å²) in [4.78, 5) is 12.0. The standard InChI is InChI=1S/C20H24N2O3/c1-5-18(17-11-13(2)6-7-19(17)23)21-22-20(24)12-25-16-9-14(3)8-15(4)10-16/h6-11,23H,5,12H2,1-4H3,(H,22,24)/b21-18+. The third-order valence-corrected chi connectivity index (χ3v) is 3.68. The Labute approximate surface area is 148 Å². The Morgan fingerprint density at radius 2 is 1.76 bits per heavy atom. The van der Waals surface area contributed by atoms with Crippen molar-refractivity contribution in [2.24, 2.45) is 5.10 Å². The Kier molecular flexibility index (Phi) is 6.17. The van der Waals surface area contributed by atoms with Crippen LogP contribution >= 0.6 is 0 Å². The summed E-state index contributed by atoms with van der Waals surface area (Å²) < 4.78 is 5.51. The van der Waals surface area contributed by atoms with Crippen LogP contribution in [0.15, 0.2) is 41.5 Å². The normalized spacial score (nSPS) is 11.3. The summed E-state index contributed by atoms with van der Waals surface area (Å²) in [6.07, 6.45) is 0.579. The molecule has 0 spiro atoms. The first-order valence-corrected chi connectivity index (χ1v) is 8.25. The molecule has 5 nitrogen and oxygen atoms in total. The molecule has 0 aliphatic heterocycles. The van der Waals surface area contributed by atoms with Crippen LogP contribution in [0.5, 0.6) is 11.5 Å². The van der Waals surface area contributed by atoms with Gasteiger partial charge in [-0.2, -0.15) is 5.10 Å². The Morgan fingerprint density at radius 1 is 1.08 bits per heavy atom. The highest BCUT2D eigenvalue weighted by molar-refractivity contribution is 6.03. The van der Waals surface area contributed by atoms with Crippen molar-refractivity contribution in [1.29, 1.82) is 0 Å². The van der Waals surface area contributed by atoms with Gasteiger partial charge in [0.05, 0.1) is 5.71 Å². The second-order valence-electron chi connectivity index (χ2n) is 6.08. The van der Waals surface area contributed by atoms with Crippen molar-refractivity contribution < 1.29 is 14.6 Å². The molecule has 2 N–H and O–H groups in total. The maximum absolute atomic E-state index is 12.0. The van der Waals surface area contributed by atoms with Gasteiger partial charge in [0, 0.05) is 5.56 Å². The molecule has 5 heteroatoms. The molecule has 0 saturated carbocycles. The number of hydrogen-bond acceptors (Lipinski definition) is 4. The third-order valence-electron chi connectivity index (χ3n) is 3.68. The van der Waals surface area contributed by atoms with Crippen LogP contribution in [0.3, 0.4) is 0 Å². The Balaban J connectivity index is 2.01. The summed E-state index contributed by atoms with van der Waals surface area (Å²) in [5, 5.41) is 14.1. The van der Waals surface area contributed by atoms with Crippen LogP contribution in [0.25, 0.3) is 0 Å². The first kappa shape index (κ1) is 18.5. The maximum Gasteiger partial charge on any atom is 0.277 e. The monoisotopic (exact) mass is 340 g/mol. The second kappa shape index (κ2) is 8.33. The molecule has 1 amide bonds.